The quantitative estimate of drug-likeness (QED) is 0.753. The van der Waals surface area contributed by atoms with Crippen molar-refractivity contribution >= 4 is 0 Å². The monoisotopic (exact) mass is 212 g/mol. The van der Waals surface area contributed by atoms with Crippen molar-refractivity contribution in [3.8, 4) is 0 Å². The Morgan fingerprint density at radius 2 is 1.87 bits per heavy atom. The van der Waals surface area contributed by atoms with E-state index in [9.17, 15) is 0 Å². The van der Waals surface area contributed by atoms with Crippen LogP contribution < -0.4 is 5.32 Å². The minimum Gasteiger partial charge on any atom is -0.313 e. The van der Waals surface area contributed by atoms with Crippen LogP contribution in [0.5, 0.6) is 0 Å². The van der Waals surface area contributed by atoms with Gasteiger partial charge in [-0.25, -0.2) is 0 Å². The highest BCUT2D eigenvalue weighted by Crippen LogP contribution is 2.26. The molecule has 15 heavy (non-hydrogen) atoms. The first kappa shape index (κ1) is 13.0. The van der Waals surface area contributed by atoms with E-state index in [-0.39, 0.29) is 0 Å². The molecular weight excluding hydrogens is 184 g/mol. The molecule has 0 bridgehead atoms. The van der Waals surface area contributed by atoms with Crippen LogP contribution in [0, 0.1) is 5.92 Å². The summed E-state index contributed by atoms with van der Waals surface area (Å²) < 4.78 is 0. The van der Waals surface area contributed by atoms with Crippen LogP contribution in [0.3, 0.4) is 0 Å². The summed E-state index contributed by atoms with van der Waals surface area (Å²) in [7, 11) is 2.29. The first-order chi connectivity index (χ1) is 7.13. The van der Waals surface area contributed by atoms with Gasteiger partial charge >= 0.3 is 0 Å². The molecular formula is C13H28N2. The van der Waals surface area contributed by atoms with Gasteiger partial charge in [-0.1, -0.05) is 13.8 Å². The van der Waals surface area contributed by atoms with Crippen LogP contribution in [0.25, 0.3) is 0 Å². The molecule has 1 aliphatic rings. The average molecular weight is 212 g/mol. The van der Waals surface area contributed by atoms with E-state index >= 15 is 0 Å². The van der Waals surface area contributed by atoms with Crippen molar-refractivity contribution in [2.45, 2.75) is 58.5 Å². The van der Waals surface area contributed by atoms with E-state index in [4.69, 9.17) is 0 Å². The molecule has 0 aromatic rings. The summed E-state index contributed by atoms with van der Waals surface area (Å²) in [6.07, 6.45) is 5.64. The van der Waals surface area contributed by atoms with Crippen LogP contribution >= 0.6 is 0 Å². The third-order valence-electron chi connectivity index (χ3n) is 3.72. The topological polar surface area (TPSA) is 15.3 Å². The molecule has 1 rings (SSSR count). The lowest BCUT2D eigenvalue weighted by Crippen LogP contribution is -2.43. The molecule has 1 N–H and O–H groups in total. The SMILES string of the molecule is CCNC(C)CN(C)C1CCC(C)CC1. The smallest absolute Gasteiger partial charge is 0.0166 e. The standard InChI is InChI=1S/C13H28N2/c1-5-14-12(3)10-15(4)13-8-6-11(2)7-9-13/h11-14H,5-10H2,1-4H3. The predicted molar refractivity (Wildman–Crippen MR) is 67.2 cm³/mol. The van der Waals surface area contributed by atoms with E-state index < -0.39 is 0 Å². The summed E-state index contributed by atoms with van der Waals surface area (Å²) in [4.78, 5) is 2.55. The van der Waals surface area contributed by atoms with E-state index in [2.05, 4.69) is 38.0 Å². The highest BCUT2D eigenvalue weighted by molar-refractivity contribution is 4.78. The van der Waals surface area contributed by atoms with Gasteiger partial charge < -0.3 is 10.2 Å². The first-order valence-corrected chi connectivity index (χ1v) is 6.57. The van der Waals surface area contributed by atoms with Gasteiger partial charge in [-0.15, -0.1) is 0 Å². The lowest BCUT2D eigenvalue weighted by atomic mass is 9.86. The molecule has 1 saturated carbocycles. The molecule has 0 amide bonds. The van der Waals surface area contributed by atoms with Crippen molar-refractivity contribution in [1.82, 2.24) is 10.2 Å². The molecule has 1 unspecified atom stereocenters. The Hall–Kier alpha value is -0.0800. The van der Waals surface area contributed by atoms with E-state index in [0.717, 1.165) is 18.5 Å². The summed E-state index contributed by atoms with van der Waals surface area (Å²) in [5.74, 6) is 0.959. The molecule has 0 aromatic heterocycles. The largest absolute Gasteiger partial charge is 0.313 e. The fraction of sp³-hybridized carbons (Fsp3) is 1.00. The average Bonchev–Trinajstić information content (AvgIpc) is 2.18. The lowest BCUT2D eigenvalue weighted by Gasteiger charge is -2.35. The van der Waals surface area contributed by atoms with Crippen LogP contribution in [0.2, 0.25) is 0 Å². The normalized spacial score (nSPS) is 29.4. The molecule has 1 atom stereocenters. The van der Waals surface area contributed by atoms with Crippen molar-refractivity contribution in [1.29, 1.82) is 0 Å². The maximum atomic E-state index is 3.48. The fourth-order valence-electron chi connectivity index (χ4n) is 2.68. The Morgan fingerprint density at radius 1 is 1.27 bits per heavy atom. The zero-order valence-electron chi connectivity index (χ0n) is 10.9. The van der Waals surface area contributed by atoms with E-state index in [1.165, 1.54) is 32.2 Å². The number of hydrogen-bond acceptors (Lipinski definition) is 2. The van der Waals surface area contributed by atoms with Crippen LogP contribution in [0.1, 0.15) is 46.5 Å². The maximum absolute atomic E-state index is 3.48. The number of nitrogens with zero attached hydrogens (tertiary/aromatic N) is 1. The molecule has 90 valence electrons. The molecule has 2 nitrogen and oxygen atoms in total. The Balaban J connectivity index is 2.24. The lowest BCUT2D eigenvalue weighted by molar-refractivity contribution is 0.159. The minimum atomic E-state index is 0.624. The highest BCUT2D eigenvalue weighted by atomic mass is 15.1. The molecule has 0 heterocycles. The highest BCUT2D eigenvalue weighted by Gasteiger charge is 2.22. The summed E-state index contributed by atoms with van der Waals surface area (Å²) in [5, 5.41) is 3.48. The summed E-state index contributed by atoms with van der Waals surface area (Å²) >= 11 is 0. The van der Waals surface area contributed by atoms with Gasteiger partial charge in [0.1, 0.15) is 0 Å². The van der Waals surface area contributed by atoms with Crippen LogP contribution in [0.15, 0.2) is 0 Å². The molecule has 2 heteroatoms. The Labute approximate surface area is 95.4 Å². The van der Waals surface area contributed by atoms with Gasteiger partial charge in [0.2, 0.25) is 0 Å². The third kappa shape index (κ3) is 4.52. The van der Waals surface area contributed by atoms with Crippen molar-refractivity contribution in [2.75, 3.05) is 20.1 Å². The second-order valence-electron chi connectivity index (χ2n) is 5.31. The summed E-state index contributed by atoms with van der Waals surface area (Å²) in [6.45, 7) is 9.12. The van der Waals surface area contributed by atoms with Crippen molar-refractivity contribution < 1.29 is 0 Å². The van der Waals surface area contributed by atoms with Crippen LogP contribution in [0.4, 0.5) is 0 Å². The zero-order valence-corrected chi connectivity index (χ0v) is 10.9. The van der Waals surface area contributed by atoms with Gasteiger partial charge in [0.25, 0.3) is 0 Å². The third-order valence-corrected chi connectivity index (χ3v) is 3.72. The molecule has 0 aliphatic heterocycles. The number of likely N-dealkylation sites (N-methyl/N-ethyl adjacent to an activating group) is 2. The predicted octanol–water partition coefficient (Wildman–Crippen LogP) is 2.49. The van der Waals surface area contributed by atoms with Gasteiger partial charge in [-0.2, -0.15) is 0 Å². The molecule has 1 fully saturated rings. The second kappa shape index (κ2) is 6.49. The van der Waals surface area contributed by atoms with Gasteiger partial charge in [0.15, 0.2) is 0 Å². The van der Waals surface area contributed by atoms with E-state index in [0.29, 0.717) is 6.04 Å². The zero-order chi connectivity index (χ0) is 11.3. The van der Waals surface area contributed by atoms with Gasteiger partial charge in [-0.3, -0.25) is 0 Å². The van der Waals surface area contributed by atoms with Crippen molar-refractivity contribution in [3.63, 3.8) is 0 Å². The number of rotatable bonds is 5. The molecule has 0 saturated heterocycles. The number of hydrogen-bond donors (Lipinski definition) is 1. The van der Waals surface area contributed by atoms with Crippen molar-refractivity contribution in [2.24, 2.45) is 5.92 Å². The minimum absolute atomic E-state index is 0.624. The Bertz CT molecular complexity index is 162. The molecule has 0 aromatic carbocycles. The summed E-state index contributed by atoms with van der Waals surface area (Å²) in [5.41, 5.74) is 0. The molecule has 0 radical (unpaired) electrons. The summed E-state index contributed by atoms with van der Waals surface area (Å²) in [6, 6.07) is 1.46. The van der Waals surface area contributed by atoms with E-state index in [1.54, 1.807) is 0 Å². The van der Waals surface area contributed by atoms with Crippen molar-refractivity contribution in [3.05, 3.63) is 0 Å². The molecule has 0 spiro atoms. The van der Waals surface area contributed by atoms with Gasteiger partial charge in [-0.05, 0) is 52.1 Å². The number of nitrogens with one attached hydrogen (secondary N) is 1. The van der Waals surface area contributed by atoms with Gasteiger partial charge in [0, 0.05) is 18.6 Å². The second-order valence-corrected chi connectivity index (χ2v) is 5.31. The molecule has 1 aliphatic carbocycles. The maximum Gasteiger partial charge on any atom is 0.0166 e. The fourth-order valence-corrected chi connectivity index (χ4v) is 2.68. The Morgan fingerprint density at radius 3 is 2.40 bits per heavy atom. The Kier molecular flexibility index (Phi) is 5.62. The van der Waals surface area contributed by atoms with Gasteiger partial charge in [0.05, 0.1) is 0 Å². The van der Waals surface area contributed by atoms with Crippen LogP contribution in [-0.2, 0) is 0 Å². The van der Waals surface area contributed by atoms with Crippen LogP contribution in [-0.4, -0.2) is 37.1 Å². The van der Waals surface area contributed by atoms with E-state index in [1.807, 2.05) is 0 Å². The first-order valence-electron chi connectivity index (χ1n) is 6.57.